The summed E-state index contributed by atoms with van der Waals surface area (Å²) in [4.78, 5) is 20.6. The van der Waals surface area contributed by atoms with Crippen LogP contribution in [-0.4, -0.2) is 25.2 Å². The fourth-order valence-electron chi connectivity index (χ4n) is 2.56. The van der Waals surface area contributed by atoms with Gasteiger partial charge in [0.05, 0.1) is 0 Å². The van der Waals surface area contributed by atoms with E-state index in [0.29, 0.717) is 18.9 Å². The number of carbonyl (C=O) groups is 2. The Labute approximate surface area is 81.9 Å². The fourth-order valence-corrected chi connectivity index (χ4v) is 2.56. The standard InChI is InChI=1S/C10H12O4/c1-6-2-7-3-8(6)10(14-5-12)9(7)13-4-11/h4-5,7,9-10H,2-3H2,1H3. The average molecular weight is 196 g/mol. The van der Waals surface area contributed by atoms with E-state index in [0.717, 1.165) is 18.4 Å². The SMILES string of the molecule is CC1=C2CC(C1)C(OC=O)C2OC=O. The number of fused-ring (bicyclic) bond motifs is 2. The minimum Gasteiger partial charge on any atom is -0.460 e. The van der Waals surface area contributed by atoms with Gasteiger partial charge in [-0.15, -0.1) is 0 Å². The van der Waals surface area contributed by atoms with Crippen LogP contribution in [0.5, 0.6) is 0 Å². The summed E-state index contributed by atoms with van der Waals surface area (Å²) in [5.41, 5.74) is 2.40. The maximum atomic E-state index is 10.3. The maximum Gasteiger partial charge on any atom is 0.293 e. The quantitative estimate of drug-likeness (QED) is 0.493. The maximum absolute atomic E-state index is 10.3. The molecule has 14 heavy (non-hydrogen) atoms. The van der Waals surface area contributed by atoms with E-state index in [2.05, 4.69) is 0 Å². The zero-order valence-electron chi connectivity index (χ0n) is 7.93. The number of carbonyl (C=O) groups excluding carboxylic acids is 2. The highest BCUT2D eigenvalue weighted by atomic mass is 16.6. The molecule has 0 aromatic heterocycles. The van der Waals surface area contributed by atoms with Gasteiger partial charge in [-0.1, -0.05) is 5.57 Å². The van der Waals surface area contributed by atoms with Crippen molar-refractivity contribution in [3.05, 3.63) is 11.1 Å². The van der Waals surface area contributed by atoms with Crippen LogP contribution in [0.3, 0.4) is 0 Å². The first-order valence-corrected chi connectivity index (χ1v) is 4.64. The monoisotopic (exact) mass is 196 g/mol. The molecule has 2 aliphatic carbocycles. The van der Waals surface area contributed by atoms with Gasteiger partial charge in [0, 0.05) is 5.92 Å². The van der Waals surface area contributed by atoms with Gasteiger partial charge in [0.25, 0.3) is 12.9 Å². The first-order chi connectivity index (χ1) is 6.77. The van der Waals surface area contributed by atoms with Gasteiger partial charge in [-0.2, -0.15) is 0 Å². The highest BCUT2D eigenvalue weighted by Crippen LogP contribution is 2.46. The second-order valence-electron chi connectivity index (χ2n) is 3.82. The van der Waals surface area contributed by atoms with Crippen LogP contribution < -0.4 is 0 Å². The molecule has 0 aromatic rings. The van der Waals surface area contributed by atoms with E-state index in [1.165, 1.54) is 5.57 Å². The van der Waals surface area contributed by atoms with E-state index in [9.17, 15) is 9.59 Å². The molecule has 0 N–H and O–H groups in total. The van der Waals surface area contributed by atoms with Crippen molar-refractivity contribution in [3.63, 3.8) is 0 Å². The molecule has 1 fully saturated rings. The molecule has 0 aliphatic heterocycles. The summed E-state index contributed by atoms with van der Waals surface area (Å²) in [6.45, 7) is 2.89. The van der Waals surface area contributed by atoms with Crippen LogP contribution >= 0.6 is 0 Å². The second-order valence-corrected chi connectivity index (χ2v) is 3.82. The Bertz CT molecular complexity index is 294. The molecule has 4 nitrogen and oxygen atoms in total. The summed E-state index contributed by atoms with van der Waals surface area (Å²) < 4.78 is 9.90. The van der Waals surface area contributed by atoms with Crippen LogP contribution in [0.4, 0.5) is 0 Å². The highest BCUT2D eigenvalue weighted by molar-refractivity contribution is 5.44. The van der Waals surface area contributed by atoms with Crippen molar-refractivity contribution >= 4 is 12.9 Å². The molecule has 0 spiro atoms. The molecule has 3 unspecified atom stereocenters. The third-order valence-electron chi connectivity index (χ3n) is 3.12. The Morgan fingerprint density at radius 1 is 1.21 bits per heavy atom. The molecule has 0 heterocycles. The van der Waals surface area contributed by atoms with Crippen molar-refractivity contribution in [2.45, 2.75) is 32.0 Å². The van der Waals surface area contributed by atoms with E-state index >= 15 is 0 Å². The molecular formula is C10H12O4. The summed E-state index contributed by atoms with van der Waals surface area (Å²) in [7, 11) is 0. The molecule has 0 radical (unpaired) electrons. The summed E-state index contributed by atoms with van der Waals surface area (Å²) in [6, 6.07) is 0. The Morgan fingerprint density at radius 3 is 2.57 bits per heavy atom. The third kappa shape index (κ3) is 1.22. The van der Waals surface area contributed by atoms with Gasteiger partial charge in [0.1, 0.15) is 6.10 Å². The van der Waals surface area contributed by atoms with Gasteiger partial charge in [-0.05, 0) is 25.3 Å². The lowest BCUT2D eigenvalue weighted by molar-refractivity contribution is -0.149. The topological polar surface area (TPSA) is 52.6 Å². The highest BCUT2D eigenvalue weighted by Gasteiger charge is 2.47. The zero-order chi connectivity index (χ0) is 10.1. The number of hydrogen-bond acceptors (Lipinski definition) is 4. The van der Waals surface area contributed by atoms with Crippen LogP contribution in [0.25, 0.3) is 0 Å². The predicted octanol–water partition coefficient (Wildman–Crippen LogP) is 0.810. The molecule has 3 atom stereocenters. The molecular weight excluding hydrogens is 184 g/mol. The molecule has 76 valence electrons. The minimum absolute atomic E-state index is 0.267. The van der Waals surface area contributed by atoms with E-state index in [-0.39, 0.29) is 12.2 Å². The van der Waals surface area contributed by atoms with E-state index in [1.807, 2.05) is 6.92 Å². The summed E-state index contributed by atoms with van der Waals surface area (Å²) in [6.07, 6.45) is 1.24. The van der Waals surface area contributed by atoms with Crippen molar-refractivity contribution in [2.24, 2.45) is 5.92 Å². The molecule has 2 aliphatic rings. The van der Waals surface area contributed by atoms with Crippen molar-refractivity contribution in [3.8, 4) is 0 Å². The van der Waals surface area contributed by atoms with Crippen LogP contribution in [-0.2, 0) is 19.1 Å². The first kappa shape index (κ1) is 9.24. The fraction of sp³-hybridized carbons (Fsp3) is 0.600. The molecule has 0 saturated heterocycles. The van der Waals surface area contributed by atoms with Gasteiger partial charge in [0.2, 0.25) is 0 Å². The van der Waals surface area contributed by atoms with Crippen molar-refractivity contribution in [1.29, 1.82) is 0 Å². The zero-order valence-corrected chi connectivity index (χ0v) is 7.93. The van der Waals surface area contributed by atoms with Crippen molar-refractivity contribution in [1.82, 2.24) is 0 Å². The normalized spacial score (nSPS) is 34.5. The Hall–Kier alpha value is -1.32. The third-order valence-corrected chi connectivity index (χ3v) is 3.12. The lowest BCUT2D eigenvalue weighted by atomic mass is 9.95. The lowest BCUT2D eigenvalue weighted by Crippen LogP contribution is -2.34. The molecule has 2 bridgehead atoms. The molecule has 1 saturated carbocycles. The van der Waals surface area contributed by atoms with Gasteiger partial charge >= 0.3 is 0 Å². The summed E-state index contributed by atoms with van der Waals surface area (Å²) >= 11 is 0. The lowest BCUT2D eigenvalue weighted by Gasteiger charge is -2.25. The molecule has 0 aromatic carbocycles. The van der Waals surface area contributed by atoms with Crippen LogP contribution in [0.1, 0.15) is 19.8 Å². The largest absolute Gasteiger partial charge is 0.460 e. The first-order valence-electron chi connectivity index (χ1n) is 4.64. The van der Waals surface area contributed by atoms with E-state index in [1.54, 1.807) is 0 Å². The van der Waals surface area contributed by atoms with Crippen LogP contribution in [0.2, 0.25) is 0 Å². The average Bonchev–Trinajstić information content (AvgIpc) is 2.66. The van der Waals surface area contributed by atoms with Gasteiger partial charge < -0.3 is 9.47 Å². The van der Waals surface area contributed by atoms with Gasteiger partial charge in [-0.3, -0.25) is 9.59 Å². The van der Waals surface area contributed by atoms with Crippen LogP contribution in [0.15, 0.2) is 11.1 Å². The Morgan fingerprint density at radius 2 is 1.93 bits per heavy atom. The smallest absolute Gasteiger partial charge is 0.293 e. The predicted molar refractivity (Wildman–Crippen MR) is 47.3 cm³/mol. The number of ether oxygens (including phenoxy) is 2. The minimum atomic E-state index is -0.337. The molecule has 2 rings (SSSR count). The summed E-state index contributed by atoms with van der Waals surface area (Å²) in [5, 5.41) is 0. The van der Waals surface area contributed by atoms with Crippen molar-refractivity contribution in [2.75, 3.05) is 0 Å². The molecule has 4 heteroatoms. The second kappa shape index (κ2) is 3.44. The number of hydrogen-bond donors (Lipinski definition) is 0. The van der Waals surface area contributed by atoms with E-state index < -0.39 is 0 Å². The summed E-state index contributed by atoms with van der Waals surface area (Å²) in [5.74, 6) is 0.306. The Kier molecular flexibility index (Phi) is 2.27. The van der Waals surface area contributed by atoms with Crippen molar-refractivity contribution < 1.29 is 19.1 Å². The number of rotatable bonds is 4. The Balaban J connectivity index is 2.20. The van der Waals surface area contributed by atoms with Gasteiger partial charge in [0.15, 0.2) is 6.10 Å². The van der Waals surface area contributed by atoms with Crippen LogP contribution in [0, 0.1) is 5.92 Å². The number of allylic oxidation sites excluding steroid dienone is 1. The van der Waals surface area contributed by atoms with Gasteiger partial charge in [-0.25, -0.2) is 0 Å². The van der Waals surface area contributed by atoms with E-state index in [4.69, 9.17) is 9.47 Å². The molecule has 0 amide bonds.